The fraction of sp³-hybridized carbons (Fsp3) is 0.273. The topological polar surface area (TPSA) is 40.9 Å². The minimum Gasteiger partial charge on any atom is -0.294 e. The van der Waals surface area contributed by atoms with Gasteiger partial charge in [0.15, 0.2) is 5.78 Å². The molecule has 0 amide bonds. The molecule has 0 aliphatic heterocycles. The summed E-state index contributed by atoms with van der Waals surface area (Å²) in [5, 5.41) is 8.73. The van der Waals surface area contributed by atoms with Crippen LogP contribution in [-0.4, -0.2) is 17.8 Å². The van der Waals surface area contributed by atoms with E-state index < -0.39 is 5.82 Å². The van der Waals surface area contributed by atoms with Gasteiger partial charge >= 0.3 is 0 Å². The van der Waals surface area contributed by atoms with Gasteiger partial charge in [-0.15, -0.1) is 0 Å². The Balaban J connectivity index is 2.99. The number of nitriles is 1. The van der Waals surface area contributed by atoms with E-state index in [1.165, 1.54) is 18.2 Å². The number of carbonyl (C=O) groups is 1. The second-order valence-electron chi connectivity index (χ2n) is 2.94. The van der Waals surface area contributed by atoms with E-state index in [9.17, 15) is 9.18 Å². The summed E-state index contributed by atoms with van der Waals surface area (Å²) in [7, 11) is 0. The van der Waals surface area contributed by atoms with E-state index in [-0.39, 0.29) is 16.9 Å². The van der Waals surface area contributed by atoms with E-state index in [0.29, 0.717) is 12.2 Å². The maximum atomic E-state index is 13.2. The van der Waals surface area contributed by atoms with Gasteiger partial charge in [0.05, 0.1) is 5.56 Å². The van der Waals surface area contributed by atoms with Crippen LogP contribution < -0.4 is 0 Å². The number of thioether (sulfide) groups is 1. The fourth-order valence-electron chi connectivity index (χ4n) is 1.20. The minimum atomic E-state index is -0.632. The second kappa shape index (κ2) is 5.52. The van der Waals surface area contributed by atoms with Crippen molar-refractivity contribution in [3.05, 3.63) is 35.1 Å². The lowest BCUT2D eigenvalue weighted by Crippen LogP contribution is -2.04. The Kier molecular flexibility index (Phi) is 4.32. The van der Waals surface area contributed by atoms with Gasteiger partial charge in [-0.05, 0) is 18.4 Å². The van der Waals surface area contributed by atoms with Gasteiger partial charge < -0.3 is 0 Å². The van der Waals surface area contributed by atoms with Crippen molar-refractivity contribution in [1.82, 2.24) is 0 Å². The van der Waals surface area contributed by atoms with E-state index in [1.54, 1.807) is 17.8 Å². The summed E-state index contributed by atoms with van der Waals surface area (Å²) in [6.07, 6.45) is 2.23. The summed E-state index contributed by atoms with van der Waals surface area (Å²) in [5.74, 6) is -0.131. The summed E-state index contributed by atoms with van der Waals surface area (Å²) in [4.78, 5) is 11.6. The SMILES string of the molecule is CSCCC(=O)c1cccc(F)c1C#N. The van der Waals surface area contributed by atoms with E-state index >= 15 is 0 Å². The number of carbonyl (C=O) groups excluding carboxylic acids is 1. The van der Waals surface area contributed by atoms with Crippen LogP contribution in [0.2, 0.25) is 0 Å². The highest BCUT2D eigenvalue weighted by Gasteiger charge is 2.13. The van der Waals surface area contributed by atoms with Crippen LogP contribution in [0, 0.1) is 17.1 Å². The smallest absolute Gasteiger partial charge is 0.165 e. The molecule has 0 aliphatic carbocycles. The third-order valence-corrected chi connectivity index (χ3v) is 2.57. The molecule has 78 valence electrons. The molecule has 0 heterocycles. The number of rotatable bonds is 4. The lowest BCUT2D eigenvalue weighted by Gasteiger charge is -2.02. The average Bonchev–Trinajstić information content (AvgIpc) is 2.25. The van der Waals surface area contributed by atoms with Crippen molar-refractivity contribution >= 4 is 17.5 Å². The summed E-state index contributed by atoms with van der Waals surface area (Å²) in [5.41, 5.74) is 0.0372. The molecule has 1 aromatic rings. The molecule has 0 bridgehead atoms. The van der Waals surface area contributed by atoms with Crippen LogP contribution in [0.1, 0.15) is 22.3 Å². The number of Topliss-reactive ketones (excluding diaryl/α,β-unsaturated/α-hetero) is 1. The predicted octanol–water partition coefficient (Wildman–Crippen LogP) is 2.63. The van der Waals surface area contributed by atoms with Crippen LogP contribution in [-0.2, 0) is 0 Å². The summed E-state index contributed by atoms with van der Waals surface area (Å²) in [6.45, 7) is 0. The zero-order valence-electron chi connectivity index (χ0n) is 8.29. The van der Waals surface area contributed by atoms with Gasteiger partial charge in [-0.1, -0.05) is 6.07 Å². The highest BCUT2D eigenvalue weighted by molar-refractivity contribution is 7.98. The molecule has 0 radical (unpaired) electrons. The van der Waals surface area contributed by atoms with Gasteiger partial charge in [0.1, 0.15) is 11.9 Å². The third kappa shape index (κ3) is 2.80. The van der Waals surface area contributed by atoms with Gasteiger partial charge in [-0.25, -0.2) is 4.39 Å². The molecule has 0 saturated heterocycles. The molecule has 0 unspecified atom stereocenters. The number of hydrogen-bond acceptors (Lipinski definition) is 3. The van der Waals surface area contributed by atoms with Crippen LogP contribution in [0.25, 0.3) is 0 Å². The Labute approximate surface area is 92.1 Å². The fourth-order valence-corrected chi connectivity index (χ4v) is 1.59. The molecule has 2 nitrogen and oxygen atoms in total. The molecular formula is C11H10FNOS. The molecule has 4 heteroatoms. The molecule has 1 aromatic carbocycles. The van der Waals surface area contributed by atoms with Crippen LogP contribution >= 0.6 is 11.8 Å². The Bertz CT molecular complexity index is 412. The Morgan fingerprint density at radius 1 is 1.60 bits per heavy atom. The minimum absolute atomic E-state index is 0.149. The van der Waals surface area contributed by atoms with Crippen LogP contribution in [0.4, 0.5) is 4.39 Å². The zero-order valence-corrected chi connectivity index (χ0v) is 9.10. The predicted molar refractivity (Wildman–Crippen MR) is 58.4 cm³/mol. The van der Waals surface area contributed by atoms with Crippen molar-refractivity contribution in [3.63, 3.8) is 0 Å². The van der Waals surface area contributed by atoms with Crippen LogP contribution in [0.3, 0.4) is 0 Å². The molecule has 0 aliphatic rings. The third-order valence-electron chi connectivity index (χ3n) is 1.96. The summed E-state index contributed by atoms with van der Waals surface area (Å²) >= 11 is 1.54. The summed E-state index contributed by atoms with van der Waals surface area (Å²) < 4.78 is 13.2. The summed E-state index contributed by atoms with van der Waals surface area (Å²) in [6, 6.07) is 5.84. The van der Waals surface area contributed by atoms with Crippen molar-refractivity contribution in [2.24, 2.45) is 0 Å². The molecular weight excluding hydrogens is 213 g/mol. The molecule has 0 aromatic heterocycles. The monoisotopic (exact) mass is 223 g/mol. The van der Waals surface area contributed by atoms with Gasteiger partial charge in [0, 0.05) is 17.7 Å². The van der Waals surface area contributed by atoms with E-state index in [1.807, 2.05) is 6.26 Å². The zero-order chi connectivity index (χ0) is 11.3. The van der Waals surface area contributed by atoms with Crippen LogP contribution in [0.15, 0.2) is 18.2 Å². The van der Waals surface area contributed by atoms with Gasteiger partial charge in [0.2, 0.25) is 0 Å². The lowest BCUT2D eigenvalue weighted by atomic mass is 10.0. The molecule has 0 saturated carbocycles. The number of nitrogens with zero attached hydrogens (tertiary/aromatic N) is 1. The first-order valence-corrected chi connectivity index (χ1v) is 5.81. The molecule has 1 rings (SSSR count). The average molecular weight is 223 g/mol. The Hall–Kier alpha value is -1.34. The number of ketones is 1. The van der Waals surface area contributed by atoms with Crippen molar-refractivity contribution in [1.29, 1.82) is 5.26 Å². The molecule has 0 N–H and O–H groups in total. The second-order valence-corrected chi connectivity index (χ2v) is 3.93. The number of benzene rings is 1. The van der Waals surface area contributed by atoms with Gasteiger partial charge in [-0.2, -0.15) is 17.0 Å². The number of hydrogen-bond donors (Lipinski definition) is 0. The first kappa shape index (κ1) is 11.7. The maximum Gasteiger partial charge on any atom is 0.165 e. The molecule has 0 fully saturated rings. The maximum absolute atomic E-state index is 13.2. The highest BCUT2D eigenvalue weighted by atomic mass is 32.2. The van der Waals surface area contributed by atoms with E-state index in [4.69, 9.17) is 5.26 Å². The normalized spacial score (nSPS) is 9.67. The van der Waals surface area contributed by atoms with Crippen LogP contribution in [0.5, 0.6) is 0 Å². The molecule has 0 spiro atoms. The number of halogens is 1. The largest absolute Gasteiger partial charge is 0.294 e. The Morgan fingerprint density at radius 3 is 2.93 bits per heavy atom. The van der Waals surface area contributed by atoms with Crippen molar-refractivity contribution in [3.8, 4) is 6.07 Å². The van der Waals surface area contributed by atoms with Gasteiger partial charge in [0.25, 0.3) is 0 Å². The van der Waals surface area contributed by atoms with Crippen molar-refractivity contribution in [2.45, 2.75) is 6.42 Å². The quantitative estimate of drug-likeness (QED) is 0.737. The standard InChI is InChI=1S/C11H10FNOS/c1-15-6-5-11(14)8-3-2-4-10(12)9(8)7-13/h2-4H,5-6H2,1H3. The van der Waals surface area contributed by atoms with E-state index in [2.05, 4.69) is 0 Å². The van der Waals surface area contributed by atoms with E-state index in [0.717, 1.165) is 0 Å². The first-order chi connectivity index (χ1) is 7.20. The Morgan fingerprint density at radius 2 is 2.33 bits per heavy atom. The lowest BCUT2D eigenvalue weighted by molar-refractivity contribution is 0.0989. The van der Waals surface area contributed by atoms with Gasteiger partial charge in [-0.3, -0.25) is 4.79 Å². The highest BCUT2D eigenvalue weighted by Crippen LogP contribution is 2.15. The molecule has 0 atom stereocenters. The van der Waals surface area contributed by atoms with Crippen molar-refractivity contribution in [2.75, 3.05) is 12.0 Å². The van der Waals surface area contributed by atoms with Crippen molar-refractivity contribution < 1.29 is 9.18 Å². The first-order valence-electron chi connectivity index (χ1n) is 4.41. The molecule has 15 heavy (non-hydrogen) atoms.